The van der Waals surface area contributed by atoms with Crippen molar-refractivity contribution in [3.05, 3.63) is 264 Å². The smallest absolute Gasteiger partial charge is 0.272 e. The zero-order valence-electron chi connectivity index (χ0n) is 56.1. The molecule has 0 bridgehead atoms. The first-order valence-electron chi connectivity index (χ1n) is 33.9. The number of alkyl halides is 3. The van der Waals surface area contributed by atoms with Crippen LogP contribution in [0.2, 0.25) is 0 Å². The molecule has 0 radical (unpaired) electrons. The summed E-state index contributed by atoms with van der Waals surface area (Å²) in [6.07, 6.45) is -23.1. The minimum atomic E-state index is -2.64. The van der Waals surface area contributed by atoms with Gasteiger partial charge in [0.05, 0.1) is 78.3 Å². The van der Waals surface area contributed by atoms with Gasteiger partial charge in [-0.05, 0) is 52.8 Å². The molecule has 540 valence electrons. The Morgan fingerprint density at radius 1 is 0.416 bits per heavy atom. The number of amides is 1. The van der Waals surface area contributed by atoms with Gasteiger partial charge in [0.2, 0.25) is 0 Å². The van der Waals surface area contributed by atoms with E-state index in [9.17, 15) is 20.1 Å². The first-order chi connectivity index (χ1) is 49.2. The Morgan fingerprint density at radius 2 is 0.782 bits per heavy atom. The molecule has 101 heavy (non-hydrogen) atoms. The highest BCUT2D eigenvalue weighted by atomic mass is 35.6. The van der Waals surface area contributed by atoms with Crippen molar-refractivity contribution >= 4 is 40.7 Å². The molecule has 7 aromatic rings. The van der Waals surface area contributed by atoms with Gasteiger partial charge in [0, 0.05) is 0 Å². The predicted octanol–water partition coefficient (Wildman–Crippen LogP) is 10.6. The maximum Gasteiger partial charge on any atom is 0.272 e. The van der Waals surface area contributed by atoms with Gasteiger partial charge in [-0.2, -0.15) is 0 Å². The third-order valence-electron chi connectivity index (χ3n) is 17.8. The minimum absolute atomic E-state index is 0.0276. The van der Waals surface area contributed by atoms with Gasteiger partial charge in [-0.1, -0.05) is 253 Å². The second kappa shape index (κ2) is 38.1. The molecule has 7 aromatic carbocycles. The lowest BCUT2D eigenvalue weighted by Gasteiger charge is -2.52. The Balaban J connectivity index is 0.992. The number of rotatable bonds is 33. The number of aliphatic hydroxyl groups excluding tert-OH is 3. The van der Waals surface area contributed by atoms with Crippen LogP contribution in [0.5, 0.6) is 0 Å². The summed E-state index contributed by atoms with van der Waals surface area (Å²) in [4.78, 5) is 14.4. The summed E-state index contributed by atoms with van der Waals surface area (Å²) in [6.45, 7) is 7.26. The molecule has 1 amide bonds. The largest absolute Gasteiger partial charge is 0.394 e. The molecular weight excluding hydrogens is 1360 g/mol. The number of carbonyl (C=O) groups is 1. The Hall–Kier alpha value is -6.10. The molecule has 0 aliphatic carbocycles. The van der Waals surface area contributed by atoms with Crippen LogP contribution in [0.4, 0.5) is 0 Å². The predicted molar refractivity (Wildman–Crippen MR) is 374 cm³/mol. The standard InChI is InChI=1S/C78H88Cl3NO19/c1-4-40-88-75-72(101-73-61(82-77(86)78(79,80)81)67(62(84)59(41-83)97-73)99-74-63(85)68(92-46-56-34-20-9-21-35-56)64(50(2)95-74)89-43-53-28-14-6-15-29-53)70(65(51(3)96-75)90-44-54-30-16-7-17-31-54)100-76-71(94-48-58-38-24-11-25-39-58)69(93-47-57-36-22-10-23-37-57)66(91-45-55-32-18-8-19-33-55)60(98-76)49-87-42-52-26-12-5-13-27-52/h4-39,50-51,59-76,83-85H,1,40-49H2,2-3H3,(H,82,86)/t50-,51-,59+,60+,61+,62+,63+,64-,65-,66+,67+,68-,69-,70+,71+,72+,73-,74-,75+,76+/m0/s1. The molecule has 20 nitrogen and oxygen atoms in total. The number of benzene rings is 7. The van der Waals surface area contributed by atoms with E-state index < -0.39 is 139 Å². The van der Waals surface area contributed by atoms with Crippen LogP contribution in [0.1, 0.15) is 52.8 Å². The lowest BCUT2D eigenvalue weighted by molar-refractivity contribution is -0.395. The summed E-state index contributed by atoms with van der Waals surface area (Å²) in [5, 5.41) is 39.0. The lowest BCUT2D eigenvalue weighted by atomic mass is 9.94. The number of carbonyl (C=O) groups excluding carboxylic acids is 1. The maximum absolute atomic E-state index is 14.4. The first-order valence-corrected chi connectivity index (χ1v) is 35.0. The Kier molecular flexibility index (Phi) is 28.7. The van der Waals surface area contributed by atoms with Crippen molar-refractivity contribution in [2.45, 2.75) is 187 Å². The van der Waals surface area contributed by atoms with Crippen molar-refractivity contribution in [1.29, 1.82) is 0 Å². The second-order valence-corrected chi connectivity index (χ2v) is 27.4. The minimum Gasteiger partial charge on any atom is -0.394 e. The molecule has 4 saturated heterocycles. The fourth-order valence-corrected chi connectivity index (χ4v) is 12.8. The highest BCUT2D eigenvalue weighted by molar-refractivity contribution is 6.76. The van der Waals surface area contributed by atoms with Crippen molar-refractivity contribution in [3.63, 3.8) is 0 Å². The summed E-state index contributed by atoms with van der Waals surface area (Å²) < 4.78 is 101. The van der Waals surface area contributed by atoms with Crippen LogP contribution in [0.3, 0.4) is 0 Å². The monoisotopic (exact) mass is 1450 g/mol. The van der Waals surface area contributed by atoms with Gasteiger partial charge in [-0.25, -0.2) is 0 Å². The Bertz CT molecular complexity index is 3530. The highest BCUT2D eigenvalue weighted by Gasteiger charge is 2.58. The zero-order chi connectivity index (χ0) is 70.5. The van der Waals surface area contributed by atoms with Gasteiger partial charge >= 0.3 is 0 Å². The van der Waals surface area contributed by atoms with Crippen molar-refractivity contribution in [1.82, 2.24) is 5.32 Å². The normalized spacial score (nSPS) is 29.9. The van der Waals surface area contributed by atoms with Gasteiger partial charge in [-0.15, -0.1) is 6.58 Å². The molecule has 4 N–H and O–H groups in total. The molecule has 0 saturated carbocycles. The molecule has 0 aromatic heterocycles. The van der Waals surface area contributed by atoms with E-state index in [0.717, 1.165) is 38.9 Å². The van der Waals surface area contributed by atoms with E-state index in [4.69, 9.17) is 106 Å². The number of nitrogens with one attached hydrogen (secondary N) is 1. The van der Waals surface area contributed by atoms with E-state index in [-0.39, 0.29) is 59.5 Å². The van der Waals surface area contributed by atoms with E-state index in [1.807, 2.05) is 212 Å². The third kappa shape index (κ3) is 21.1. The van der Waals surface area contributed by atoms with Crippen molar-refractivity contribution in [2.75, 3.05) is 19.8 Å². The first kappa shape index (κ1) is 76.0. The van der Waals surface area contributed by atoms with Crippen molar-refractivity contribution in [2.24, 2.45) is 0 Å². The second-order valence-electron chi connectivity index (χ2n) is 25.2. The van der Waals surface area contributed by atoms with Gasteiger partial charge in [0.1, 0.15) is 85.4 Å². The zero-order valence-corrected chi connectivity index (χ0v) is 58.4. The fraction of sp³-hybridized carbons (Fsp3) is 0.423. The highest BCUT2D eigenvalue weighted by Crippen LogP contribution is 2.40. The van der Waals surface area contributed by atoms with Crippen LogP contribution >= 0.6 is 34.8 Å². The Morgan fingerprint density at radius 3 is 1.22 bits per heavy atom. The van der Waals surface area contributed by atoms with Crippen molar-refractivity contribution < 1.29 is 91.2 Å². The summed E-state index contributed by atoms with van der Waals surface area (Å²) in [5.74, 6) is -1.20. The van der Waals surface area contributed by atoms with Gasteiger partial charge in [0.15, 0.2) is 25.2 Å². The lowest BCUT2D eigenvalue weighted by Crippen LogP contribution is -2.70. The average Bonchev–Trinajstić information content (AvgIpc) is 0.715. The molecule has 11 rings (SSSR count). The third-order valence-corrected chi connectivity index (χ3v) is 18.4. The SMILES string of the molecule is C=CCO[C@@H]1O[C@@H](C)[C@H](OCc2ccccc2)[C@@H](O[C@H]2O[C@H](COCc3ccccc3)[C@@H](OCc3ccccc3)[C@H](OCc3ccccc3)[C@H]2OCc2ccccc2)[C@H]1O[C@@H]1O[C@H](CO)[C@@H](O)[C@H](O[C@@H]2O[C@@H](C)[C@H](OCc3ccccc3)[C@@H](OCc3ccccc3)[C@H]2O)[C@H]1NC(=O)C(Cl)(Cl)Cl. The number of ether oxygens (including phenoxy) is 15. The van der Waals surface area contributed by atoms with Crippen LogP contribution in [-0.2, 0) is 122 Å². The fourth-order valence-electron chi connectivity index (χ4n) is 12.7. The summed E-state index contributed by atoms with van der Waals surface area (Å²) >= 11 is 19.2. The molecule has 4 heterocycles. The number of hydrogen-bond donors (Lipinski definition) is 4. The average molecular weight is 1450 g/mol. The van der Waals surface area contributed by atoms with Gasteiger partial charge in [0.25, 0.3) is 9.70 Å². The Labute approximate surface area is 604 Å². The summed E-state index contributed by atoms with van der Waals surface area (Å²) in [6, 6.07) is 65.5. The number of halogens is 3. The molecule has 0 spiro atoms. The molecule has 0 unspecified atom stereocenters. The van der Waals surface area contributed by atoms with E-state index >= 15 is 0 Å². The quantitative estimate of drug-likeness (QED) is 0.0221. The summed E-state index contributed by atoms with van der Waals surface area (Å²) in [5.41, 5.74) is 5.96. The molecule has 20 atom stereocenters. The molecule has 4 aliphatic rings. The maximum atomic E-state index is 14.4. The topological polar surface area (TPSA) is 228 Å². The van der Waals surface area contributed by atoms with Crippen LogP contribution in [-0.4, -0.2) is 168 Å². The van der Waals surface area contributed by atoms with E-state index in [0.29, 0.717) is 0 Å². The van der Waals surface area contributed by atoms with Crippen LogP contribution < -0.4 is 5.32 Å². The van der Waals surface area contributed by atoms with Crippen LogP contribution in [0.25, 0.3) is 0 Å². The van der Waals surface area contributed by atoms with E-state index in [1.165, 1.54) is 6.08 Å². The molecular formula is C78H88Cl3NO19. The van der Waals surface area contributed by atoms with Gasteiger partial charge in [-0.3, -0.25) is 4.79 Å². The van der Waals surface area contributed by atoms with Crippen LogP contribution in [0.15, 0.2) is 225 Å². The summed E-state index contributed by atoms with van der Waals surface area (Å²) in [7, 11) is 0. The molecule has 23 heteroatoms. The van der Waals surface area contributed by atoms with E-state index in [2.05, 4.69) is 11.9 Å². The number of hydrogen-bond acceptors (Lipinski definition) is 19. The molecule has 4 aliphatic heterocycles. The number of aliphatic hydroxyl groups is 3. The van der Waals surface area contributed by atoms with E-state index in [1.54, 1.807) is 13.8 Å². The van der Waals surface area contributed by atoms with Crippen molar-refractivity contribution in [3.8, 4) is 0 Å². The van der Waals surface area contributed by atoms with Crippen LogP contribution in [0, 0.1) is 0 Å². The molecule has 4 fully saturated rings. The van der Waals surface area contributed by atoms with Gasteiger partial charge < -0.3 is 91.7 Å².